The Morgan fingerprint density at radius 3 is 2.59 bits per heavy atom. The van der Waals surface area contributed by atoms with Gasteiger partial charge in [0, 0.05) is 11.4 Å². The number of aryl methyl sites for hydroxylation is 1. The number of carbonyl (C=O) groups is 1. The summed E-state index contributed by atoms with van der Waals surface area (Å²) in [5.74, 6) is 0.102. The first-order valence-electron chi connectivity index (χ1n) is 6.78. The predicted molar refractivity (Wildman–Crippen MR) is 84.9 cm³/mol. The number of carboxylic acid groups (broad SMARTS) is 1. The van der Waals surface area contributed by atoms with Crippen LogP contribution in [0.15, 0.2) is 42.5 Å². The summed E-state index contributed by atoms with van der Waals surface area (Å²) in [7, 11) is 1.53. The molecule has 4 nitrogen and oxygen atoms in total. The minimum absolute atomic E-state index is 0.160. The topological polar surface area (TPSA) is 55.8 Å². The van der Waals surface area contributed by atoms with E-state index in [0.717, 1.165) is 5.56 Å². The molecule has 2 aromatic carbocycles. The minimum atomic E-state index is -1.04. The Labute approximate surface area is 134 Å². The van der Waals surface area contributed by atoms with Gasteiger partial charge < -0.3 is 14.6 Å². The highest BCUT2D eigenvalue weighted by Gasteiger charge is 2.22. The number of benzene rings is 2. The Morgan fingerprint density at radius 2 is 1.95 bits per heavy atom. The number of ether oxygens (including phenoxy) is 2. The lowest BCUT2D eigenvalue weighted by Crippen LogP contribution is -2.29. The number of hydrogen-bond donors (Lipinski definition) is 1. The normalized spacial score (nSPS) is 11.8. The minimum Gasteiger partial charge on any atom is -0.496 e. The number of methoxy groups -OCH3 is 1. The van der Waals surface area contributed by atoms with Gasteiger partial charge in [-0.3, -0.25) is 0 Å². The molecule has 0 heterocycles. The second-order valence-electron chi connectivity index (χ2n) is 4.87. The third-order valence-corrected chi connectivity index (χ3v) is 3.52. The van der Waals surface area contributed by atoms with Gasteiger partial charge in [0.15, 0.2) is 6.10 Å². The number of carboxylic acids is 1. The van der Waals surface area contributed by atoms with Gasteiger partial charge in [-0.2, -0.15) is 0 Å². The fourth-order valence-corrected chi connectivity index (χ4v) is 2.32. The van der Waals surface area contributed by atoms with Crippen molar-refractivity contribution >= 4 is 17.6 Å². The smallest absolute Gasteiger partial charge is 0.345 e. The van der Waals surface area contributed by atoms with Crippen molar-refractivity contribution in [3.63, 3.8) is 0 Å². The lowest BCUT2D eigenvalue weighted by Gasteiger charge is -2.18. The summed E-state index contributed by atoms with van der Waals surface area (Å²) in [6, 6.07) is 12.4. The van der Waals surface area contributed by atoms with Crippen LogP contribution in [0.4, 0.5) is 0 Å². The number of rotatable bonds is 6. The molecule has 0 fully saturated rings. The van der Waals surface area contributed by atoms with E-state index in [1.165, 1.54) is 7.11 Å². The molecule has 0 unspecified atom stereocenters. The van der Waals surface area contributed by atoms with E-state index in [1.54, 1.807) is 30.3 Å². The van der Waals surface area contributed by atoms with E-state index in [0.29, 0.717) is 22.1 Å². The molecule has 116 valence electrons. The van der Waals surface area contributed by atoms with Gasteiger partial charge in [-0.05, 0) is 42.3 Å². The molecule has 5 heteroatoms. The van der Waals surface area contributed by atoms with Gasteiger partial charge in [0.2, 0.25) is 0 Å². The standard InChI is InChI=1S/C17H17ClO4/c1-11-5-3-4-6-14(11)22-16(17(19)20)10-12-9-13(18)7-8-15(12)21-2/h3-9,16H,10H2,1-2H3,(H,19,20)/t16-/m1/s1. The second kappa shape index (κ2) is 7.18. The fourth-order valence-electron chi connectivity index (χ4n) is 2.13. The lowest BCUT2D eigenvalue weighted by atomic mass is 10.1. The van der Waals surface area contributed by atoms with E-state index >= 15 is 0 Å². The first-order chi connectivity index (χ1) is 10.5. The summed E-state index contributed by atoms with van der Waals surface area (Å²) >= 11 is 5.98. The molecule has 0 aliphatic rings. The average Bonchev–Trinajstić information content (AvgIpc) is 2.49. The van der Waals surface area contributed by atoms with Gasteiger partial charge in [-0.1, -0.05) is 29.8 Å². The Bertz CT molecular complexity index is 669. The molecule has 0 spiro atoms. The third kappa shape index (κ3) is 3.92. The molecule has 0 amide bonds. The van der Waals surface area contributed by atoms with E-state index in [9.17, 15) is 9.90 Å². The molecule has 2 aromatic rings. The first kappa shape index (κ1) is 16.2. The Morgan fingerprint density at radius 1 is 1.23 bits per heavy atom. The average molecular weight is 321 g/mol. The van der Waals surface area contributed by atoms with Crippen molar-refractivity contribution in [2.24, 2.45) is 0 Å². The zero-order valence-corrected chi connectivity index (χ0v) is 13.1. The molecule has 0 aromatic heterocycles. The van der Waals surface area contributed by atoms with Gasteiger partial charge in [-0.25, -0.2) is 4.79 Å². The van der Waals surface area contributed by atoms with Crippen molar-refractivity contribution in [1.29, 1.82) is 0 Å². The van der Waals surface area contributed by atoms with E-state index in [2.05, 4.69) is 0 Å². The molecule has 0 radical (unpaired) electrons. The van der Waals surface area contributed by atoms with Crippen LogP contribution in [0, 0.1) is 6.92 Å². The molecular formula is C17H17ClO4. The molecule has 0 aliphatic carbocycles. The molecule has 22 heavy (non-hydrogen) atoms. The fraction of sp³-hybridized carbons (Fsp3) is 0.235. The van der Waals surface area contributed by atoms with Crippen LogP contribution in [0.5, 0.6) is 11.5 Å². The highest BCUT2D eigenvalue weighted by Crippen LogP contribution is 2.26. The maximum atomic E-state index is 11.5. The summed E-state index contributed by atoms with van der Waals surface area (Å²) in [6.07, 6.45) is -0.860. The Balaban J connectivity index is 2.25. The van der Waals surface area contributed by atoms with Crippen LogP contribution in [0.2, 0.25) is 5.02 Å². The highest BCUT2D eigenvalue weighted by molar-refractivity contribution is 6.30. The van der Waals surface area contributed by atoms with Gasteiger partial charge in [0.05, 0.1) is 7.11 Å². The molecule has 1 atom stereocenters. The van der Waals surface area contributed by atoms with Crippen LogP contribution in [0.25, 0.3) is 0 Å². The summed E-state index contributed by atoms with van der Waals surface area (Å²) in [5, 5.41) is 9.94. The lowest BCUT2D eigenvalue weighted by molar-refractivity contribution is -0.145. The molecule has 2 rings (SSSR count). The first-order valence-corrected chi connectivity index (χ1v) is 7.16. The second-order valence-corrected chi connectivity index (χ2v) is 5.31. The van der Waals surface area contributed by atoms with Crippen molar-refractivity contribution in [1.82, 2.24) is 0 Å². The van der Waals surface area contributed by atoms with Crippen LogP contribution in [0.3, 0.4) is 0 Å². The van der Waals surface area contributed by atoms with Crippen LogP contribution in [-0.4, -0.2) is 24.3 Å². The summed E-state index contributed by atoms with van der Waals surface area (Å²) in [6.45, 7) is 1.87. The Kier molecular flexibility index (Phi) is 5.28. The molecule has 0 bridgehead atoms. The van der Waals surface area contributed by atoms with Crippen LogP contribution in [0.1, 0.15) is 11.1 Å². The number of para-hydroxylation sites is 1. The Hall–Kier alpha value is -2.20. The summed E-state index contributed by atoms with van der Waals surface area (Å²) in [4.78, 5) is 11.5. The van der Waals surface area contributed by atoms with Crippen molar-refractivity contribution in [2.75, 3.05) is 7.11 Å². The zero-order chi connectivity index (χ0) is 16.1. The van der Waals surface area contributed by atoms with Gasteiger partial charge in [0.25, 0.3) is 0 Å². The maximum absolute atomic E-state index is 11.5. The van der Waals surface area contributed by atoms with Crippen LogP contribution >= 0.6 is 11.6 Å². The molecule has 0 saturated carbocycles. The highest BCUT2D eigenvalue weighted by atomic mass is 35.5. The van der Waals surface area contributed by atoms with Crippen molar-refractivity contribution in [2.45, 2.75) is 19.4 Å². The predicted octanol–water partition coefficient (Wildman–Crippen LogP) is 3.73. The molecule has 1 N–H and O–H groups in total. The van der Waals surface area contributed by atoms with Gasteiger partial charge in [-0.15, -0.1) is 0 Å². The summed E-state index contributed by atoms with van der Waals surface area (Å²) < 4.78 is 10.9. The van der Waals surface area contributed by atoms with E-state index < -0.39 is 12.1 Å². The van der Waals surface area contributed by atoms with E-state index in [4.69, 9.17) is 21.1 Å². The third-order valence-electron chi connectivity index (χ3n) is 3.29. The number of halogens is 1. The van der Waals surface area contributed by atoms with Crippen molar-refractivity contribution < 1.29 is 19.4 Å². The quantitative estimate of drug-likeness (QED) is 0.881. The van der Waals surface area contributed by atoms with Crippen molar-refractivity contribution in [3.8, 4) is 11.5 Å². The van der Waals surface area contributed by atoms with E-state index in [-0.39, 0.29) is 6.42 Å². The van der Waals surface area contributed by atoms with Gasteiger partial charge in [0.1, 0.15) is 11.5 Å². The van der Waals surface area contributed by atoms with Crippen molar-refractivity contribution in [3.05, 3.63) is 58.6 Å². The monoisotopic (exact) mass is 320 g/mol. The zero-order valence-electron chi connectivity index (χ0n) is 12.4. The molecule has 0 saturated heterocycles. The SMILES string of the molecule is COc1ccc(Cl)cc1C[C@@H](Oc1ccccc1C)C(=O)O. The maximum Gasteiger partial charge on any atom is 0.345 e. The van der Waals surface area contributed by atoms with Crippen LogP contribution in [-0.2, 0) is 11.2 Å². The summed E-state index contributed by atoms with van der Waals surface area (Å²) in [5.41, 5.74) is 1.57. The van der Waals surface area contributed by atoms with Crippen LogP contribution < -0.4 is 9.47 Å². The number of hydrogen-bond acceptors (Lipinski definition) is 3. The molecular weight excluding hydrogens is 304 g/mol. The largest absolute Gasteiger partial charge is 0.496 e. The number of aliphatic carboxylic acids is 1. The van der Waals surface area contributed by atoms with Gasteiger partial charge >= 0.3 is 5.97 Å². The molecule has 0 aliphatic heterocycles. The van der Waals surface area contributed by atoms with E-state index in [1.807, 2.05) is 19.1 Å².